The Morgan fingerprint density at radius 3 is 2.65 bits per heavy atom. The molecule has 2 heterocycles. The predicted molar refractivity (Wildman–Crippen MR) is 66.6 cm³/mol. The maximum atomic E-state index is 4.55. The quantitative estimate of drug-likeness (QED) is 0.665. The van der Waals surface area contributed by atoms with Gasteiger partial charge in [0.15, 0.2) is 18.2 Å². The van der Waals surface area contributed by atoms with Gasteiger partial charge in [0.05, 0.1) is 11.0 Å². The number of nitrogens with zero attached hydrogens (tertiary/aromatic N) is 2. The summed E-state index contributed by atoms with van der Waals surface area (Å²) in [6.45, 7) is 2.86. The lowest BCUT2D eigenvalue weighted by molar-refractivity contribution is -0.689. The molecule has 0 amide bonds. The number of hydrogen-bond donors (Lipinski definition) is 1. The summed E-state index contributed by atoms with van der Waals surface area (Å²) in [5, 5.41) is 0. The fourth-order valence-corrected chi connectivity index (χ4v) is 1.89. The number of rotatable bonds is 2. The van der Waals surface area contributed by atoms with Crippen LogP contribution in [0.2, 0.25) is 0 Å². The van der Waals surface area contributed by atoms with Crippen LogP contribution in [-0.4, -0.2) is 9.97 Å². The van der Waals surface area contributed by atoms with E-state index in [1.54, 1.807) is 0 Å². The second-order valence-corrected chi connectivity index (χ2v) is 4.25. The van der Waals surface area contributed by atoms with Crippen molar-refractivity contribution in [3.8, 4) is 0 Å². The highest BCUT2D eigenvalue weighted by atomic mass is 15.0. The van der Waals surface area contributed by atoms with Crippen molar-refractivity contribution in [3.63, 3.8) is 0 Å². The molecule has 0 atom stereocenters. The summed E-state index contributed by atoms with van der Waals surface area (Å²) in [7, 11) is 0. The van der Waals surface area contributed by atoms with E-state index in [9.17, 15) is 0 Å². The Morgan fingerprint density at radius 1 is 1.12 bits per heavy atom. The second kappa shape index (κ2) is 4.01. The number of aromatic amines is 1. The summed E-state index contributed by atoms with van der Waals surface area (Å²) in [6, 6.07) is 12.3. The third-order valence-corrected chi connectivity index (χ3v) is 2.83. The zero-order valence-corrected chi connectivity index (χ0v) is 9.72. The number of pyridine rings is 1. The number of benzene rings is 1. The minimum Gasteiger partial charge on any atom is -0.337 e. The van der Waals surface area contributed by atoms with Crippen LogP contribution in [0, 0.1) is 6.92 Å². The van der Waals surface area contributed by atoms with Crippen LogP contribution in [0.3, 0.4) is 0 Å². The first kappa shape index (κ1) is 10.0. The van der Waals surface area contributed by atoms with Crippen molar-refractivity contribution >= 4 is 11.0 Å². The standard InChI is InChI=1S/C14H14N3/c1-11-6-8-17(9-7-11)10-14-15-12-4-2-3-5-13(12)16-14/h2-9H,10H2,1H3,(H,15,16)/q+1. The molecule has 0 saturated carbocycles. The van der Waals surface area contributed by atoms with Crippen molar-refractivity contribution in [1.29, 1.82) is 0 Å². The van der Waals surface area contributed by atoms with Gasteiger partial charge in [-0.05, 0) is 24.6 Å². The molecule has 84 valence electrons. The number of aryl methyl sites for hydroxylation is 1. The molecule has 0 aliphatic heterocycles. The first-order valence-electron chi connectivity index (χ1n) is 5.70. The molecule has 1 N–H and O–H groups in total. The first-order chi connectivity index (χ1) is 8.31. The lowest BCUT2D eigenvalue weighted by Gasteiger charge is -1.93. The summed E-state index contributed by atoms with van der Waals surface area (Å²) in [4.78, 5) is 7.88. The van der Waals surface area contributed by atoms with Gasteiger partial charge in [-0.2, -0.15) is 4.57 Å². The van der Waals surface area contributed by atoms with E-state index in [4.69, 9.17) is 0 Å². The Kier molecular flexibility index (Phi) is 2.37. The molecule has 0 bridgehead atoms. The second-order valence-electron chi connectivity index (χ2n) is 4.25. The van der Waals surface area contributed by atoms with Crippen LogP contribution >= 0.6 is 0 Å². The van der Waals surface area contributed by atoms with Crippen molar-refractivity contribution in [3.05, 3.63) is 60.2 Å². The number of para-hydroxylation sites is 2. The fourth-order valence-electron chi connectivity index (χ4n) is 1.89. The lowest BCUT2D eigenvalue weighted by atomic mass is 10.3. The Morgan fingerprint density at radius 2 is 1.88 bits per heavy atom. The number of nitrogens with one attached hydrogen (secondary N) is 1. The summed E-state index contributed by atoms with van der Waals surface area (Å²) in [5.74, 6) is 0.986. The number of imidazole rings is 1. The van der Waals surface area contributed by atoms with Crippen molar-refractivity contribution in [2.75, 3.05) is 0 Å². The maximum Gasteiger partial charge on any atom is 0.205 e. The van der Waals surface area contributed by atoms with Gasteiger partial charge in [0.1, 0.15) is 0 Å². The monoisotopic (exact) mass is 224 g/mol. The van der Waals surface area contributed by atoms with Crippen LogP contribution in [0.5, 0.6) is 0 Å². The van der Waals surface area contributed by atoms with E-state index >= 15 is 0 Å². The van der Waals surface area contributed by atoms with Crippen molar-refractivity contribution in [2.45, 2.75) is 13.5 Å². The number of fused-ring (bicyclic) bond motifs is 1. The van der Waals surface area contributed by atoms with Crippen LogP contribution in [0.25, 0.3) is 11.0 Å². The minimum absolute atomic E-state index is 0.773. The molecule has 2 aromatic heterocycles. The fraction of sp³-hybridized carbons (Fsp3) is 0.143. The third-order valence-electron chi connectivity index (χ3n) is 2.83. The molecule has 3 rings (SSSR count). The predicted octanol–water partition coefficient (Wildman–Crippen LogP) is 2.21. The topological polar surface area (TPSA) is 32.6 Å². The molecule has 0 spiro atoms. The van der Waals surface area contributed by atoms with Crippen LogP contribution < -0.4 is 4.57 Å². The first-order valence-corrected chi connectivity index (χ1v) is 5.70. The zero-order chi connectivity index (χ0) is 11.7. The van der Waals surface area contributed by atoms with Crippen molar-refractivity contribution in [2.24, 2.45) is 0 Å². The minimum atomic E-state index is 0.773. The van der Waals surface area contributed by atoms with Gasteiger partial charge in [0, 0.05) is 12.1 Å². The van der Waals surface area contributed by atoms with Crippen LogP contribution in [0.1, 0.15) is 11.4 Å². The summed E-state index contributed by atoms with van der Waals surface area (Å²) < 4.78 is 2.12. The highest BCUT2D eigenvalue weighted by Crippen LogP contribution is 2.09. The van der Waals surface area contributed by atoms with Gasteiger partial charge < -0.3 is 4.98 Å². The smallest absolute Gasteiger partial charge is 0.205 e. The van der Waals surface area contributed by atoms with E-state index in [1.165, 1.54) is 5.56 Å². The maximum absolute atomic E-state index is 4.55. The van der Waals surface area contributed by atoms with E-state index in [0.717, 1.165) is 23.4 Å². The highest BCUT2D eigenvalue weighted by molar-refractivity contribution is 5.74. The molecular weight excluding hydrogens is 210 g/mol. The molecular formula is C14H14N3+. The summed E-state index contributed by atoms with van der Waals surface area (Å²) >= 11 is 0. The average molecular weight is 224 g/mol. The molecule has 17 heavy (non-hydrogen) atoms. The molecule has 0 saturated heterocycles. The van der Waals surface area contributed by atoms with Gasteiger partial charge >= 0.3 is 0 Å². The Bertz CT molecular complexity index is 605. The molecule has 3 nitrogen and oxygen atoms in total. The molecule has 0 fully saturated rings. The van der Waals surface area contributed by atoms with E-state index in [2.05, 4.69) is 46.0 Å². The highest BCUT2D eigenvalue weighted by Gasteiger charge is 2.06. The SMILES string of the molecule is Cc1cc[n+](Cc2nc3ccccc3[nH]2)cc1. The van der Waals surface area contributed by atoms with E-state index < -0.39 is 0 Å². The van der Waals surface area contributed by atoms with Crippen LogP contribution in [-0.2, 0) is 6.54 Å². The Labute approximate surface area is 99.8 Å². The number of aromatic nitrogens is 3. The normalized spacial score (nSPS) is 10.9. The number of hydrogen-bond acceptors (Lipinski definition) is 1. The molecule has 0 radical (unpaired) electrons. The van der Waals surface area contributed by atoms with Crippen molar-refractivity contribution < 1.29 is 4.57 Å². The molecule has 0 aliphatic carbocycles. The van der Waals surface area contributed by atoms with E-state index in [0.29, 0.717) is 0 Å². The van der Waals surface area contributed by atoms with Gasteiger partial charge in [-0.3, -0.25) is 0 Å². The molecule has 1 aromatic carbocycles. The van der Waals surface area contributed by atoms with Gasteiger partial charge in [-0.25, -0.2) is 4.98 Å². The van der Waals surface area contributed by atoms with Gasteiger partial charge in [0.25, 0.3) is 0 Å². The molecule has 3 heteroatoms. The Hall–Kier alpha value is -2.16. The van der Waals surface area contributed by atoms with Gasteiger partial charge in [-0.1, -0.05) is 12.1 Å². The average Bonchev–Trinajstić information content (AvgIpc) is 2.74. The molecule has 0 unspecified atom stereocenters. The summed E-state index contributed by atoms with van der Waals surface area (Å²) in [6.07, 6.45) is 4.14. The van der Waals surface area contributed by atoms with E-state index in [-0.39, 0.29) is 0 Å². The largest absolute Gasteiger partial charge is 0.337 e. The third kappa shape index (κ3) is 2.04. The van der Waals surface area contributed by atoms with E-state index in [1.807, 2.05) is 24.3 Å². The van der Waals surface area contributed by atoms with Gasteiger partial charge in [0.2, 0.25) is 6.54 Å². The summed E-state index contributed by atoms with van der Waals surface area (Å²) in [5.41, 5.74) is 3.39. The van der Waals surface area contributed by atoms with Crippen molar-refractivity contribution in [1.82, 2.24) is 9.97 Å². The van der Waals surface area contributed by atoms with Gasteiger partial charge in [-0.15, -0.1) is 0 Å². The number of H-pyrrole nitrogens is 1. The van der Waals surface area contributed by atoms with Crippen LogP contribution in [0.4, 0.5) is 0 Å². The molecule has 0 aliphatic rings. The Balaban J connectivity index is 1.92. The zero-order valence-electron chi connectivity index (χ0n) is 9.72. The van der Waals surface area contributed by atoms with Crippen LogP contribution in [0.15, 0.2) is 48.8 Å². The molecule has 3 aromatic rings. The lowest BCUT2D eigenvalue weighted by Crippen LogP contribution is -2.33.